The van der Waals surface area contributed by atoms with Crippen LogP contribution >= 0.6 is 11.6 Å². The molecule has 2 fully saturated rings. The lowest BCUT2D eigenvalue weighted by Crippen LogP contribution is -2.60. The summed E-state index contributed by atoms with van der Waals surface area (Å²) in [5, 5.41) is 7.89. The van der Waals surface area contributed by atoms with E-state index in [1.54, 1.807) is 0 Å². The molecule has 6 rings (SSSR count). The number of benzene rings is 3. The summed E-state index contributed by atoms with van der Waals surface area (Å²) in [7, 11) is 0. The molecule has 7 heteroatoms. The van der Waals surface area contributed by atoms with Gasteiger partial charge in [-0.3, -0.25) is 4.79 Å². The average molecular weight is 600 g/mol. The van der Waals surface area contributed by atoms with Crippen molar-refractivity contribution in [2.75, 3.05) is 32.8 Å². The third-order valence-corrected chi connectivity index (χ3v) is 9.20. The van der Waals surface area contributed by atoms with Crippen molar-refractivity contribution < 1.29 is 14.3 Å². The van der Waals surface area contributed by atoms with Crippen LogP contribution in [0.2, 0.25) is 5.02 Å². The van der Waals surface area contributed by atoms with Crippen molar-refractivity contribution in [3.8, 4) is 11.5 Å². The molecule has 2 N–H and O–H groups in total. The number of fused-ring (bicyclic) bond motifs is 2. The van der Waals surface area contributed by atoms with Crippen LogP contribution in [0, 0.1) is 20.8 Å². The lowest BCUT2D eigenvalue weighted by molar-refractivity contribution is -0.128. The SMILES string of the molecule is Cc1ccc(CCN(C(=O)C2=C(c3ccc(OCCOc4cc(C)c(C)cc4Cl)cc3)C[C@@H]3CNC[C@H]2N3)C2CC2)cc1. The zero-order valence-corrected chi connectivity index (χ0v) is 26.2. The quantitative estimate of drug-likeness (QED) is 0.263. The molecular weight excluding hydrogens is 558 g/mol. The van der Waals surface area contributed by atoms with Gasteiger partial charge in [0.1, 0.15) is 24.7 Å². The molecule has 0 spiro atoms. The maximum atomic E-state index is 14.3. The fourth-order valence-corrected chi connectivity index (χ4v) is 6.44. The summed E-state index contributed by atoms with van der Waals surface area (Å²) < 4.78 is 11.9. The van der Waals surface area contributed by atoms with Crippen LogP contribution in [0.5, 0.6) is 11.5 Å². The number of carbonyl (C=O) groups excluding carboxylic acids is 1. The van der Waals surface area contributed by atoms with Crippen molar-refractivity contribution in [3.05, 3.63) is 99.1 Å². The lowest BCUT2D eigenvalue weighted by atomic mass is 9.83. The smallest absolute Gasteiger partial charge is 0.251 e. The second-order valence-electron chi connectivity index (χ2n) is 12.2. The van der Waals surface area contributed by atoms with Crippen molar-refractivity contribution in [1.82, 2.24) is 15.5 Å². The second kappa shape index (κ2) is 13.1. The number of nitrogens with one attached hydrogen (secondary N) is 2. The van der Waals surface area contributed by atoms with Crippen molar-refractivity contribution in [1.29, 1.82) is 0 Å². The molecule has 226 valence electrons. The summed E-state index contributed by atoms with van der Waals surface area (Å²) in [4.78, 5) is 16.5. The normalized spacial score (nSPS) is 19.7. The van der Waals surface area contributed by atoms with E-state index in [1.165, 1.54) is 16.7 Å². The standard InChI is InChI=1S/C36H42ClN3O3/c1-23-4-6-26(7-5-23)14-15-40(29-10-11-29)36(41)35-31(20-28-21-38-22-33(35)39-28)27-8-12-30(13-9-27)42-16-17-43-34-19-25(3)24(2)18-32(34)37/h4-9,12-13,18-19,28-29,33,38-39H,10-11,14-17,20-22H2,1-3H3/t28-,33-/m1/s1. The summed E-state index contributed by atoms with van der Waals surface area (Å²) in [5.74, 6) is 1.64. The highest BCUT2D eigenvalue weighted by molar-refractivity contribution is 6.32. The van der Waals surface area contributed by atoms with Crippen molar-refractivity contribution in [3.63, 3.8) is 0 Å². The van der Waals surface area contributed by atoms with Gasteiger partial charge < -0.3 is 25.0 Å². The van der Waals surface area contributed by atoms with Gasteiger partial charge in [0.05, 0.1) is 11.1 Å². The number of hydrogen-bond donors (Lipinski definition) is 2. The summed E-state index contributed by atoms with van der Waals surface area (Å²) in [6, 6.07) is 21.4. The topological polar surface area (TPSA) is 62.8 Å². The van der Waals surface area contributed by atoms with Crippen LogP contribution in [-0.4, -0.2) is 61.8 Å². The van der Waals surface area contributed by atoms with E-state index in [4.69, 9.17) is 21.1 Å². The molecule has 1 amide bonds. The van der Waals surface area contributed by atoms with Gasteiger partial charge in [-0.2, -0.15) is 0 Å². The predicted molar refractivity (Wildman–Crippen MR) is 173 cm³/mol. The van der Waals surface area contributed by atoms with Crippen molar-refractivity contribution >= 4 is 23.1 Å². The molecule has 6 nitrogen and oxygen atoms in total. The Morgan fingerprint density at radius 1 is 0.930 bits per heavy atom. The van der Waals surface area contributed by atoms with Gasteiger partial charge in [-0.15, -0.1) is 0 Å². The van der Waals surface area contributed by atoms with E-state index >= 15 is 0 Å². The van der Waals surface area contributed by atoms with Crippen LogP contribution in [0.3, 0.4) is 0 Å². The van der Waals surface area contributed by atoms with Gasteiger partial charge in [0.15, 0.2) is 0 Å². The number of carbonyl (C=O) groups is 1. The molecule has 2 bridgehead atoms. The molecule has 0 unspecified atom stereocenters. The van der Waals surface area contributed by atoms with Crippen molar-refractivity contribution in [2.24, 2.45) is 0 Å². The largest absolute Gasteiger partial charge is 0.490 e. The first kappa shape index (κ1) is 29.7. The Labute approximate surface area is 260 Å². The minimum Gasteiger partial charge on any atom is -0.490 e. The Morgan fingerprint density at radius 2 is 1.65 bits per heavy atom. The minimum atomic E-state index is 0.0148. The van der Waals surface area contributed by atoms with Gasteiger partial charge in [0.25, 0.3) is 5.91 Å². The van der Waals surface area contributed by atoms with Crippen LogP contribution in [0.1, 0.15) is 47.1 Å². The molecular formula is C36H42ClN3O3. The number of rotatable bonds is 11. The van der Waals surface area contributed by atoms with E-state index in [0.717, 1.165) is 73.3 Å². The number of ether oxygens (including phenoxy) is 2. The maximum Gasteiger partial charge on any atom is 0.251 e. The summed E-state index contributed by atoms with van der Waals surface area (Å²) in [6.07, 6.45) is 3.88. The number of hydrogen-bond acceptors (Lipinski definition) is 5. The molecule has 3 aromatic rings. The van der Waals surface area contributed by atoms with Crippen LogP contribution < -0.4 is 20.1 Å². The molecule has 0 radical (unpaired) electrons. The number of piperazine rings is 1. The summed E-state index contributed by atoms with van der Waals surface area (Å²) in [5.41, 5.74) is 8.01. The van der Waals surface area contributed by atoms with Crippen LogP contribution in [-0.2, 0) is 11.2 Å². The second-order valence-corrected chi connectivity index (χ2v) is 12.6. The molecule has 2 atom stereocenters. The molecule has 1 saturated heterocycles. The van der Waals surface area contributed by atoms with E-state index in [0.29, 0.717) is 36.1 Å². The van der Waals surface area contributed by atoms with Crippen LogP contribution in [0.25, 0.3) is 5.57 Å². The molecule has 0 aromatic heterocycles. The zero-order chi connectivity index (χ0) is 29.9. The number of amides is 1. The van der Waals surface area contributed by atoms with E-state index in [-0.39, 0.29) is 11.9 Å². The minimum absolute atomic E-state index is 0.0148. The highest BCUT2D eigenvalue weighted by atomic mass is 35.5. The molecule has 3 aliphatic rings. The van der Waals surface area contributed by atoms with Crippen molar-refractivity contribution in [2.45, 2.75) is 64.6 Å². The van der Waals surface area contributed by atoms with Crippen LogP contribution in [0.4, 0.5) is 0 Å². The Hall–Kier alpha value is -3.32. The number of halogens is 1. The zero-order valence-electron chi connectivity index (χ0n) is 25.4. The third-order valence-electron chi connectivity index (χ3n) is 8.90. The van der Waals surface area contributed by atoms with E-state index in [9.17, 15) is 4.79 Å². The van der Waals surface area contributed by atoms with Gasteiger partial charge in [-0.1, -0.05) is 53.6 Å². The number of nitrogens with zero attached hydrogens (tertiary/aromatic N) is 1. The Bertz CT molecular complexity index is 1480. The van der Waals surface area contributed by atoms with Gasteiger partial charge in [0.2, 0.25) is 0 Å². The highest BCUT2D eigenvalue weighted by Gasteiger charge is 2.40. The molecule has 2 aliphatic heterocycles. The first-order chi connectivity index (χ1) is 20.9. The van der Waals surface area contributed by atoms with E-state index in [1.807, 2.05) is 38.1 Å². The summed E-state index contributed by atoms with van der Waals surface area (Å²) >= 11 is 6.34. The molecule has 2 heterocycles. The average Bonchev–Trinajstić information content (AvgIpc) is 3.84. The lowest BCUT2D eigenvalue weighted by Gasteiger charge is -2.41. The Morgan fingerprint density at radius 3 is 2.40 bits per heavy atom. The van der Waals surface area contributed by atoms with Gasteiger partial charge in [-0.05, 0) is 98.5 Å². The highest BCUT2D eigenvalue weighted by Crippen LogP contribution is 2.36. The van der Waals surface area contributed by atoms with Gasteiger partial charge >= 0.3 is 0 Å². The fourth-order valence-electron chi connectivity index (χ4n) is 6.16. The monoisotopic (exact) mass is 599 g/mol. The number of aryl methyl sites for hydroxylation is 3. The summed E-state index contributed by atoms with van der Waals surface area (Å²) in [6.45, 7) is 9.42. The van der Waals surface area contributed by atoms with Gasteiger partial charge in [0, 0.05) is 37.3 Å². The van der Waals surface area contributed by atoms with E-state index in [2.05, 4.69) is 58.9 Å². The van der Waals surface area contributed by atoms with Crippen LogP contribution in [0.15, 0.2) is 66.2 Å². The first-order valence-corrected chi connectivity index (χ1v) is 15.9. The third kappa shape index (κ3) is 7.09. The first-order valence-electron chi connectivity index (χ1n) is 15.5. The maximum absolute atomic E-state index is 14.3. The predicted octanol–water partition coefficient (Wildman–Crippen LogP) is 6.04. The molecule has 1 saturated carbocycles. The van der Waals surface area contributed by atoms with Gasteiger partial charge in [-0.25, -0.2) is 0 Å². The molecule has 1 aliphatic carbocycles. The fraction of sp³-hybridized carbons (Fsp3) is 0.417. The Balaban J connectivity index is 1.15. The van der Waals surface area contributed by atoms with E-state index < -0.39 is 0 Å². The Kier molecular flexibility index (Phi) is 9.08. The molecule has 43 heavy (non-hydrogen) atoms. The molecule has 3 aromatic carbocycles.